The van der Waals surface area contributed by atoms with E-state index in [1.165, 1.54) is 25.3 Å². The van der Waals surface area contributed by atoms with Crippen LogP contribution in [0.15, 0.2) is 40.9 Å². The molecule has 0 fully saturated rings. The third-order valence-electron chi connectivity index (χ3n) is 2.81. The molecule has 21 heavy (non-hydrogen) atoms. The van der Waals surface area contributed by atoms with Gasteiger partial charge in [0.1, 0.15) is 11.6 Å². The molecule has 2 aromatic carbocycles. The molecular weight excluding hydrogens is 343 g/mol. The van der Waals surface area contributed by atoms with E-state index in [1.807, 2.05) is 0 Å². The fraction of sp³-hybridized carbons (Fsp3) is 0.143. The third kappa shape index (κ3) is 3.91. The predicted molar refractivity (Wildman–Crippen MR) is 81.1 cm³/mol. The number of rotatable bonds is 5. The van der Waals surface area contributed by atoms with Crippen LogP contribution in [0.25, 0.3) is 0 Å². The number of halogens is 2. The highest BCUT2D eigenvalue weighted by Gasteiger charge is 2.10. The standard InChI is InChI=1S/C14H12BrFN2O3/c1-21-12-5-9(4-11(7-12)18(19)20)8-17-10-2-3-13(15)14(16)6-10/h2-7,17H,8H2,1H3. The Balaban J connectivity index is 2.17. The van der Waals surface area contributed by atoms with Gasteiger partial charge in [0.15, 0.2) is 0 Å². The summed E-state index contributed by atoms with van der Waals surface area (Å²) in [5.74, 6) is 0.0274. The minimum Gasteiger partial charge on any atom is -0.496 e. The summed E-state index contributed by atoms with van der Waals surface area (Å²) in [6.07, 6.45) is 0. The Morgan fingerprint density at radius 3 is 2.71 bits per heavy atom. The van der Waals surface area contributed by atoms with Gasteiger partial charge in [0.2, 0.25) is 0 Å². The van der Waals surface area contributed by atoms with E-state index >= 15 is 0 Å². The number of nitrogens with one attached hydrogen (secondary N) is 1. The van der Waals surface area contributed by atoms with Crippen LogP contribution < -0.4 is 10.1 Å². The normalized spacial score (nSPS) is 10.2. The molecule has 0 unspecified atom stereocenters. The van der Waals surface area contributed by atoms with E-state index in [2.05, 4.69) is 21.2 Å². The predicted octanol–water partition coefficient (Wildman–Crippen LogP) is 4.12. The number of hydrogen-bond acceptors (Lipinski definition) is 4. The van der Waals surface area contributed by atoms with Gasteiger partial charge >= 0.3 is 0 Å². The number of nitro groups is 1. The topological polar surface area (TPSA) is 64.4 Å². The zero-order chi connectivity index (χ0) is 15.4. The van der Waals surface area contributed by atoms with Gasteiger partial charge in [-0.05, 0) is 45.8 Å². The van der Waals surface area contributed by atoms with Gasteiger partial charge in [-0.2, -0.15) is 0 Å². The Hall–Kier alpha value is -2.15. The quantitative estimate of drug-likeness (QED) is 0.647. The summed E-state index contributed by atoms with van der Waals surface area (Å²) in [5, 5.41) is 13.9. The highest BCUT2D eigenvalue weighted by Crippen LogP contribution is 2.24. The largest absolute Gasteiger partial charge is 0.496 e. The Morgan fingerprint density at radius 1 is 1.33 bits per heavy atom. The van der Waals surface area contributed by atoms with Crippen molar-refractivity contribution < 1.29 is 14.1 Å². The van der Waals surface area contributed by atoms with Crippen molar-refractivity contribution in [3.05, 3.63) is 62.4 Å². The molecule has 2 aromatic rings. The van der Waals surface area contributed by atoms with E-state index in [9.17, 15) is 14.5 Å². The molecule has 0 heterocycles. The van der Waals surface area contributed by atoms with Gasteiger partial charge < -0.3 is 10.1 Å². The van der Waals surface area contributed by atoms with Crippen molar-refractivity contribution in [2.75, 3.05) is 12.4 Å². The van der Waals surface area contributed by atoms with Crippen molar-refractivity contribution in [1.82, 2.24) is 0 Å². The Kier molecular flexibility index (Phi) is 4.74. The van der Waals surface area contributed by atoms with Crippen LogP contribution in [0.5, 0.6) is 5.75 Å². The minimum atomic E-state index is -0.481. The lowest BCUT2D eigenvalue weighted by molar-refractivity contribution is -0.385. The second-order valence-electron chi connectivity index (χ2n) is 4.28. The van der Waals surface area contributed by atoms with Gasteiger partial charge in [0.05, 0.1) is 22.6 Å². The zero-order valence-electron chi connectivity index (χ0n) is 11.1. The Morgan fingerprint density at radius 2 is 2.10 bits per heavy atom. The summed E-state index contributed by atoms with van der Waals surface area (Å²) < 4.78 is 18.8. The lowest BCUT2D eigenvalue weighted by Gasteiger charge is -2.09. The number of methoxy groups -OCH3 is 1. The molecule has 0 saturated carbocycles. The maximum Gasteiger partial charge on any atom is 0.273 e. The molecule has 0 atom stereocenters. The van der Waals surface area contributed by atoms with Crippen LogP contribution in [0.1, 0.15) is 5.56 Å². The molecule has 110 valence electrons. The molecule has 7 heteroatoms. The van der Waals surface area contributed by atoms with E-state index < -0.39 is 4.92 Å². The number of non-ortho nitro benzene ring substituents is 1. The maximum absolute atomic E-state index is 13.4. The van der Waals surface area contributed by atoms with Crippen LogP contribution in [0.2, 0.25) is 0 Å². The smallest absolute Gasteiger partial charge is 0.273 e. The lowest BCUT2D eigenvalue weighted by atomic mass is 10.2. The van der Waals surface area contributed by atoms with Crippen molar-refractivity contribution in [2.24, 2.45) is 0 Å². The van der Waals surface area contributed by atoms with Crippen LogP contribution in [-0.2, 0) is 6.54 Å². The van der Waals surface area contributed by atoms with Crippen molar-refractivity contribution in [3.8, 4) is 5.75 Å². The van der Waals surface area contributed by atoms with Crippen LogP contribution in [-0.4, -0.2) is 12.0 Å². The van der Waals surface area contributed by atoms with Gasteiger partial charge in [-0.25, -0.2) is 4.39 Å². The highest BCUT2D eigenvalue weighted by molar-refractivity contribution is 9.10. The summed E-state index contributed by atoms with van der Waals surface area (Å²) in [6, 6.07) is 9.13. The molecule has 0 aliphatic heterocycles. The molecule has 0 saturated heterocycles. The van der Waals surface area contributed by atoms with Crippen LogP contribution >= 0.6 is 15.9 Å². The van der Waals surface area contributed by atoms with Crippen molar-refractivity contribution in [3.63, 3.8) is 0 Å². The molecule has 1 N–H and O–H groups in total. The summed E-state index contributed by atoms with van der Waals surface area (Å²) in [6.45, 7) is 0.319. The maximum atomic E-state index is 13.4. The first-order valence-corrected chi connectivity index (χ1v) is 6.80. The third-order valence-corrected chi connectivity index (χ3v) is 3.46. The molecule has 0 aliphatic carbocycles. The number of ether oxygens (including phenoxy) is 1. The zero-order valence-corrected chi connectivity index (χ0v) is 12.7. The summed E-state index contributed by atoms with van der Waals surface area (Å²) in [5.41, 5.74) is 1.21. The first-order chi connectivity index (χ1) is 9.99. The molecule has 5 nitrogen and oxygen atoms in total. The summed E-state index contributed by atoms with van der Waals surface area (Å²) >= 11 is 3.08. The second kappa shape index (κ2) is 6.53. The van der Waals surface area contributed by atoms with Crippen molar-refractivity contribution >= 4 is 27.3 Å². The van der Waals surface area contributed by atoms with E-state index in [1.54, 1.807) is 18.2 Å². The van der Waals surface area contributed by atoms with Crippen molar-refractivity contribution in [2.45, 2.75) is 6.54 Å². The molecule has 0 aliphatic rings. The van der Waals surface area contributed by atoms with Gasteiger partial charge in [-0.3, -0.25) is 10.1 Å². The molecule has 0 aromatic heterocycles. The number of nitro benzene ring substituents is 1. The Labute approximate surface area is 129 Å². The number of nitrogens with zero attached hydrogens (tertiary/aromatic N) is 1. The highest BCUT2D eigenvalue weighted by atomic mass is 79.9. The van der Waals surface area contributed by atoms with Gasteiger partial charge in [-0.15, -0.1) is 0 Å². The van der Waals surface area contributed by atoms with Crippen LogP contribution in [0.4, 0.5) is 15.8 Å². The van der Waals surface area contributed by atoms with Gasteiger partial charge in [0, 0.05) is 18.3 Å². The fourth-order valence-electron chi connectivity index (χ4n) is 1.78. The van der Waals surface area contributed by atoms with E-state index in [4.69, 9.17) is 4.74 Å². The number of anilines is 1. The second-order valence-corrected chi connectivity index (χ2v) is 5.13. The van der Waals surface area contributed by atoms with E-state index in [0.717, 1.165) is 0 Å². The Bertz CT molecular complexity index is 679. The number of benzene rings is 2. The molecule has 0 bridgehead atoms. The van der Waals surface area contributed by atoms with E-state index in [0.29, 0.717) is 28.0 Å². The fourth-order valence-corrected chi connectivity index (χ4v) is 2.03. The first kappa shape index (κ1) is 15.2. The van der Waals surface area contributed by atoms with Gasteiger partial charge in [-0.1, -0.05) is 0 Å². The molecule has 0 spiro atoms. The van der Waals surface area contributed by atoms with Crippen LogP contribution in [0, 0.1) is 15.9 Å². The monoisotopic (exact) mass is 354 g/mol. The lowest BCUT2D eigenvalue weighted by Crippen LogP contribution is -2.01. The molecular formula is C14H12BrFN2O3. The molecule has 0 amide bonds. The van der Waals surface area contributed by atoms with Crippen molar-refractivity contribution in [1.29, 1.82) is 0 Å². The molecule has 0 radical (unpaired) electrons. The molecule has 2 rings (SSSR count). The average Bonchev–Trinajstić information content (AvgIpc) is 2.48. The summed E-state index contributed by atoms with van der Waals surface area (Å²) in [4.78, 5) is 10.4. The SMILES string of the molecule is COc1cc(CNc2ccc(Br)c(F)c2)cc([N+](=O)[O-])c1. The summed E-state index contributed by atoms with van der Waals surface area (Å²) in [7, 11) is 1.44. The number of hydrogen-bond donors (Lipinski definition) is 1. The first-order valence-electron chi connectivity index (χ1n) is 6.01. The average molecular weight is 355 g/mol. The van der Waals surface area contributed by atoms with Gasteiger partial charge in [0.25, 0.3) is 5.69 Å². The minimum absolute atomic E-state index is 0.0480. The van der Waals surface area contributed by atoms with E-state index in [-0.39, 0.29) is 11.5 Å². The van der Waals surface area contributed by atoms with Crippen LogP contribution in [0.3, 0.4) is 0 Å².